The molecule has 134 valence electrons. The monoisotopic (exact) mass is 367 g/mol. The molecular formula is C20H21N3O2S. The van der Waals surface area contributed by atoms with Crippen LogP contribution in [-0.4, -0.2) is 24.0 Å². The molecule has 0 bridgehead atoms. The minimum Gasteiger partial charge on any atom is -0.490 e. The first kappa shape index (κ1) is 17.9. The highest BCUT2D eigenvalue weighted by atomic mass is 32.1. The van der Waals surface area contributed by atoms with Crippen molar-refractivity contribution in [1.29, 1.82) is 5.41 Å². The van der Waals surface area contributed by atoms with Crippen molar-refractivity contribution < 1.29 is 9.47 Å². The molecule has 5 nitrogen and oxygen atoms in total. The molecular weight excluding hydrogens is 346 g/mol. The Hall–Kier alpha value is -2.86. The van der Waals surface area contributed by atoms with Crippen LogP contribution in [0.1, 0.15) is 19.4 Å². The van der Waals surface area contributed by atoms with Crippen molar-refractivity contribution in [3.05, 3.63) is 53.4 Å². The van der Waals surface area contributed by atoms with E-state index in [1.165, 1.54) is 0 Å². The minimum absolute atomic E-state index is 0.0633. The molecule has 0 spiro atoms. The number of nitrogens with two attached hydrogens (primary N) is 1. The van der Waals surface area contributed by atoms with Gasteiger partial charge in [0.2, 0.25) is 0 Å². The number of ether oxygens (including phenoxy) is 2. The number of nitrogens with zero attached hydrogens (tertiary/aromatic N) is 1. The van der Waals surface area contributed by atoms with Crippen LogP contribution < -0.4 is 15.2 Å². The lowest BCUT2D eigenvalue weighted by atomic mass is 10.1. The summed E-state index contributed by atoms with van der Waals surface area (Å²) in [6, 6.07) is 13.4. The lowest BCUT2D eigenvalue weighted by Gasteiger charge is -2.11. The van der Waals surface area contributed by atoms with E-state index in [-0.39, 0.29) is 5.84 Å². The number of amidine groups is 1. The Kier molecular flexibility index (Phi) is 5.53. The lowest BCUT2D eigenvalue weighted by molar-refractivity contribution is 0.288. The number of aromatic nitrogens is 1. The van der Waals surface area contributed by atoms with E-state index < -0.39 is 0 Å². The van der Waals surface area contributed by atoms with E-state index in [4.69, 9.17) is 25.6 Å². The van der Waals surface area contributed by atoms with E-state index >= 15 is 0 Å². The van der Waals surface area contributed by atoms with E-state index in [1.54, 1.807) is 11.3 Å². The highest BCUT2D eigenvalue weighted by Gasteiger charge is 2.11. The third-order valence-electron chi connectivity index (χ3n) is 3.79. The predicted molar refractivity (Wildman–Crippen MR) is 106 cm³/mol. The summed E-state index contributed by atoms with van der Waals surface area (Å²) in [5, 5.41) is 10.4. The maximum atomic E-state index is 7.47. The van der Waals surface area contributed by atoms with Crippen LogP contribution in [0.4, 0.5) is 0 Å². The molecule has 3 aromatic rings. The third-order valence-corrected chi connectivity index (χ3v) is 4.68. The van der Waals surface area contributed by atoms with E-state index in [0.717, 1.165) is 33.3 Å². The van der Waals surface area contributed by atoms with Crippen LogP contribution in [0, 0.1) is 5.41 Å². The lowest BCUT2D eigenvalue weighted by Crippen LogP contribution is -2.10. The Morgan fingerprint density at radius 3 is 2.31 bits per heavy atom. The van der Waals surface area contributed by atoms with E-state index in [1.807, 2.05) is 61.7 Å². The van der Waals surface area contributed by atoms with Gasteiger partial charge in [-0.25, -0.2) is 4.98 Å². The minimum atomic E-state index is 0.0633. The molecule has 0 saturated heterocycles. The zero-order valence-electron chi connectivity index (χ0n) is 14.8. The fourth-order valence-corrected chi connectivity index (χ4v) is 3.37. The Morgan fingerprint density at radius 2 is 1.65 bits per heavy atom. The SMILES string of the molecule is CCOc1ccc(-c2nc(-c3ccc(C(=N)N)cc3)cs2)cc1OCC. The standard InChI is InChI=1S/C20H21N3O2S/c1-3-24-17-10-9-15(11-18(17)25-4-2)20-23-16(12-26-20)13-5-7-14(8-6-13)19(21)22/h5-12H,3-4H2,1-2H3,(H3,21,22). The van der Waals surface area contributed by atoms with Crippen molar-refractivity contribution in [2.24, 2.45) is 5.73 Å². The number of rotatable bonds is 7. The molecule has 0 atom stereocenters. The van der Waals surface area contributed by atoms with Gasteiger partial charge in [-0.15, -0.1) is 11.3 Å². The number of nitrogen functional groups attached to an aromatic ring is 1. The van der Waals surface area contributed by atoms with Gasteiger partial charge in [-0.2, -0.15) is 0 Å². The molecule has 2 aromatic carbocycles. The number of thiazole rings is 1. The molecule has 0 aliphatic heterocycles. The number of benzene rings is 2. The molecule has 0 aliphatic rings. The molecule has 0 saturated carbocycles. The summed E-state index contributed by atoms with van der Waals surface area (Å²) in [6.45, 7) is 5.08. The number of nitrogens with one attached hydrogen (secondary N) is 1. The number of hydrogen-bond donors (Lipinski definition) is 2. The van der Waals surface area contributed by atoms with Gasteiger partial charge in [0.1, 0.15) is 10.8 Å². The zero-order valence-corrected chi connectivity index (χ0v) is 15.6. The van der Waals surface area contributed by atoms with Crippen molar-refractivity contribution in [3.8, 4) is 33.3 Å². The van der Waals surface area contributed by atoms with Crippen LogP contribution in [0.3, 0.4) is 0 Å². The molecule has 3 rings (SSSR count). The highest BCUT2D eigenvalue weighted by Crippen LogP contribution is 2.35. The molecule has 6 heteroatoms. The van der Waals surface area contributed by atoms with Gasteiger partial charge in [-0.05, 0) is 32.0 Å². The van der Waals surface area contributed by atoms with Crippen LogP contribution in [0.25, 0.3) is 21.8 Å². The largest absolute Gasteiger partial charge is 0.490 e. The molecule has 0 fully saturated rings. The fraction of sp³-hybridized carbons (Fsp3) is 0.200. The van der Waals surface area contributed by atoms with Crippen molar-refractivity contribution in [2.45, 2.75) is 13.8 Å². The topological polar surface area (TPSA) is 81.2 Å². The number of hydrogen-bond acceptors (Lipinski definition) is 5. The average Bonchev–Trinajstić information content (AvgIpc) is 3.14. The summed E-state index contributed by atoms with van der Waals surface area (Å²) in [5.41, 5.74) is 9.09. The van der Waals surface area contributed by atoms with Gasteiger partial charge >= 0.3 is 0 Å². The Morgan fingerprint density at radius 1 is 1.00 bits per heavy atom. The van der Waals surface area contributed by atoms with Crippen molar-refractivity contribution in [1.82, 2.24) is 4.98 Å². The van der Waals surface area contributed by atoms with Crippen LogP contribution in [0.15, 0.2) is 47.8 Å². The highest BCUT2D eigenvalue weighted by molar-refractivity contribution is 7.13. The van der Waals surface area contributed by atoms with E-state index in [0.29, 0.717) is 18.8 Å². The maximum Gasteiger partial charge on any atom is 0.161 e. The van der Waals surface area contributed by atoms with Gasteiger partial charge in [0.25, 0.3) is 0 Å². The van der Waals surface area contributed by atoms with Gasteiger partial charge in [0.05, 0.1) is 18.9 Å². The smallest absolute Gasteiger partial charge is 0.161 e. The summed E-state index contributed by atoms with van der Waals surface area (Å²) < 4.78 is 11.3. The molecule has 0 radical (unpaired) electrons. The Bertz CT molecular complexity index is 904. The predicted octanol–water partition coefficient (Wildman–Crippen LogP) is 4.56. The second kappa shape index (κ2) is 8.01. The van der Waals surface area contributed by atoms with Crippen molar-refractivity contribution in [2.75, 3.05) is 13.2 Å². The fourth-order valence-electron chi connectivity index (χ4n) is 2.54. The van der Waals surface area contributed by atoms with Gasteiger partial charge < -0.3 is 15.2 Å². The summed E-state index contributed by atoms with van der Waals surface area (Å²) in [7, 11) is 0. The normalized spacial score (nSPS) is 10.5. The van der Waals surface area contributed by atoms with Gasteiger partial charge in [0, 0.05) is 22.1 Å². The molecule has 0 amide bonds. The Balaban J connectivity index is 1.89. The maximum absolute atomic E-state index is 7.47. The first-order valence-corrected chi connectivity index (χ1v) is 9.30. The molecule has 1 aromatic heterocycles. The molecule has 26 heavy (non-hydrogen) atoms. The quantitative estimate of drug-likeness (QED) is 0.474. The summed E-state index contributed by atoms with van der Waals surface area (Å²) >= 11 is 1.58. The van der Waals surface area contributed by atoms with Crippen LogP contribution in [0.2, 0.25) is 0 Å². The third kappa shape index (κ3) is 3.86. The zero-order chi connectivity index (χ0) is 18.5. The summed E-state index contributed by atoms with van der Waals surface area (Å²) in [5.74, 6) is 1.54. The first-order chi connectivity index (χ1) is 12.6. The van der Waals surface area contributed by atoms with Crippen LogP contribution >= 0.6 is 11.3 Å². The summed E-state index contributed by atoms with van der Waals surface area (Å²) in [4.78, 5) is 4.74. The van der Waals surface area contributed by atoms with E-state index in [9.17, 15) is 0 Å². The van der Waals surface area contributed by atoms with Crippen molar-refractivity contribution in [3.63, 3.8) is 0 Å². The van der Waals surface area contributed by atoms with Gasteiger partial charge in [0.15, 0.2) is 11.5 Å². The first-order valence-electron chi connectivity index (χ1n) is 8.42. The molecule has 0 unspecified atom stereocenters. The van der Waals surface area contributed by atoms with E-state index in [2.05, 4.69) is 0 Å². The second-order valence-electron chi connectivity index (χ2n) is 5.56. The van der Waals surface area contributed by atoms with Crippen molar-refractivity contribution >= 4 is 17.2 Å². The summed E-state index contributed by atoms with van der Waals surface area (Å²) in [6.07, 6.45) is 0. The van der Waals surface area contributed by atoms with Gasteiger partial charge in [-0.1, -0.05) is 24.3 Å². The molecule has 3 N–H and O–H groups in total. The van der Waals surface area contributed by atoms with Crippen LogP contribution in [0.5, 0.6) is 11.5 Å². The second-order valence-corrected chi connectivity index (χ2v) is 6.41. The Labute approximate surface area is 156 Å². The van der Waals surface area contributed by atoms with Gasteiger partial charge in [-0.3, -0.25) is 5.41 Å². The average molecular weight is 367 g/mol. The molecule has 0 aliphatic carbocycles. The molecule has 1 heterocycles. The van der Waals surface area contributed by atoms with Crippen LogP contribution in [-0.2, 0) is 0 Å².